The molecule has 1 rings (SSSR count). The van der Waals surface area contributed by atoms with Crippen LogP contribution in [-0.2, 0) is 14.3 Å². The van der Waals surface area contributed by atoms with Crippen LogP contribution < -0.4 is 0 Å². The van der Waals surface area contributed by atoms with Crippen LogP contribution in [0.25, 0.3) is 6.08 Å². The van der Waals surface area contributed by atoms with Crippen LogP contribution >= 0.6 is 0 Å². The standard InChI is InChI=1S/C14H14O4/c1-2-18-13(15)10-12(14(16)17)9-8-11-6-4-3-5-7-11/h3-10H,2H2,1H3,(H,16,17)/b9-8+,12-10-. The number of rotatable bonds is 5. The third-order valence-electron chi connectivity index (χ3n) is 2.06. The maximum absolute atomic E-state index is 11.2. The third-order valence-corrected chi connectivity index (χ3v) is 2.06. The van der Waals surface area contributed by atoms with Crippen molar-refractivity contribution in [3.63, 3.8) is 0 Å². The van der Waals surface area contributed by atoms with E-state index in [-0.39, 0.29) is 12.2 Å². The topological polar surface area (TPSA) is 63.6 Å². The van der Waals surface area contributed by atoms with E-state index in [1.54, 1.807) is 13.0 Å². The van der Waals surface area contributed by atoms with E-state index in [0.29, 0.717) is 0 Å². The summed E-state index contributed by atoms with van der Waals surface area (Å²) in [6.07, 6.45) is 3.96. The van der Waals surface area contributed by atoms with Crippen molar-refractivity contribution in [1.29, 1.82) is 0 Å². The molecule has 0 fully saturated rings. The van der Waals surface area contributed by atoms with Gasteiger partial charge in [0, 0.05) is 6.08 Å². The van der Waals surface area contributed by atoms with Crippen molar-refractivity contribution in [3.05, 3.63) is 53.6 Å². The largest absolute Gasteiger partial charge is 0.478 e. The van der Waals surface area contributed by atoms with Crippen molar-refractivity contribution >= 4 is 18.0 Å². The molecule has 4 heteroatoms. The number of carbonyl (C=O) groups excluding carboxylic acids is 1. The van der Waals surface area contributed by atoms with Gasteiger partial charge in [0.05, 0.1) is 12.2 Å². The van der Waals surface area contributed by atoms with Gasteiger partial charge in [-0.15, -0.1) is 0 Å². The molecule has 1 N–H and O–H groups in total. The van der Waals surface area contributed by atoms with Gasteiger partial charge < -0.3 is 9.84 Å². The number of hydrogen-bond acceptors (Lipinski definition) is 3. The van der Waals surface area contributed by atoms with Crippen LogP contribution in [-0.4, -0.2) is 23.7 Å². The molecule has 0 bridgehead atoms. The summed E-state index contributed by atoms with van der Waals surface area (Å²) in [5.41, 5.74) is 0.741. The Hall–Kier alpha value is -2.36. The van der Waals surface area contributed by atoms with Crippen molar-refractivity contribution in [3.8, 4) is 0 Å². The highest BCUT2D eigenvalue weighted by atomic mass is 16.5. The molecule has 4 nitrogen and oxygen atoms in total. The summed E-state index contributed by atoms with van der Waals surface area (Å²) in [5.74, 6) is -1.83. The monoisotopic (exact) mass is 246 g/mol. The van der Waals surface area contributed by atoms with E-state index in [1.165, 1.54) is 6.08 Å². The van der Waals surface area contributed by atoms with Crippen LogP contribution in [0.5, 0.6) is 0 Å². The van der Waals surface area contributed by atoms with Crippen LogP contribution in [0.2, 0.25) is 0 Å². The second-order valence-corrected chi connectivity index (χ2v) is 3.40. The molecule has 0 saturated heterocycles. The van der Waals surface area contributed by atoms with Crippen LogP contribution in [0.15, 0.2) is 48.1 Å². The minimum atomic E-state index is -1.17. The molecule has 0 heterocycles. The van der Waals surface area contributed by atoms with Crippen LogP contribution in [0.1, 0.15) is 12.5 Å². The van der Waals surface area contributed by atoms with Gasteiger partial charge in [0.2, 0.25) is 0 Å². The number of benzene rings is 1. The second kappa shape index (κ2) is 7.06. The summed E-state index contributed by atoms with van der Waals surface area (Å²) in [6, 6.07) is 9.22. The number of aliphatic carboxylic acids is 1. The lowest BCUT2D eigenvalue weighted by atomic mass is 10.1. The SMILES string of the molecule is CCOC(=O)/C=C(/C=C/c1ccccc1)C(=O)O. The maximum atomic E-state index is 11.2. The third kappa shape index (κ3) is 4.65. The van der Waals surface area contributed by atoms with Gasteiger partial charge in [0.1, 0.15) is 0 Å². The van der Waals surface area contributed by atoms with Gasteiger partial charge in [-0.3, -0.25) is 0 Å². The number of esters is 1. The maximum Gasteiger partial charge on any atom is 0.335 e. The second-order valence-electron chi connectivity index (χ2n) is 3.40. The minimum absolute atomic E-state index is 0.114. The van der Waals surface area contributed by atoms with Crippen molar-refractivity contribution in [1.82, 2.24) is 0 Å². The van der Waals surface area contributed by atoms with Gasteiger partial charge in [0.15, 0.2) is 0 Å². The number of carboxylic acid groups (broad SMARTS) is 1. The summed E-state index contributed by atoms with van der Waals surface area (Å²) in [6.45, 7) is 1.87. The number of ether oxygens (including phenoxy) is 1. The fourth-order valence-corrected chi connectivity index (χ4v) is 1.24. The summed E-state index contributed by atoms with van der Waals surface area (Å²) in [7, 11) is 0. The summed E-state index contributed by atoms with van der Waals surface area (Å²) in [5, 5.41) is 8.94. The fourth-order valence-electron chi connectivity index (χ4n) is 1.24. The normalized spacial score (nSPS) is 11.5. The van der Waals surface area contributed by atoms with E-state index in [2.05, 4.69) is 4.74 Å². The predicted octanol–water partition coefficient (Wildman–Crippen LogP) is 2.27. The Balaban J connectivity index is 2.85. The minimum Gasteiger partial charge on any atom is -0.478 e. The first-order chi connectivity index (χ1) is 8.63. The number of hydrogen-bond donors (Lipinski definition) is 1. The zero-order valence-electron chi connectivity index (χ0n) is 10.00. The molecule has 0 saturated carbocycles. The molecule has 0 aliphatic carbocycles. The van der Waals surface area contributed by atoms with Gasteiger partial charge in [-0.25, -0.2) is 9.59 Å². The number of carboxylic acids is 1. The van der Waals surface area contributed by atoms with Crippen molar-refractivity contribution < 1.29 is 19.4 Å². The highest BCUT2D eigenvalue weighted by Crippen LogP contribution is 2.06. The van der Waals surface area contributed by atoms with E-state index >= 15 is 0 Å². The molecule has 1 aromatic rings. The lowest BCUT2D eigenvalue weighted by Gasteiger charge is -1.98. The zero-order valence-corrected chi connectivity index (χ0v) is 10.00. The van der Waals surface area contributed by atoms with E-state index in [0.717, 1.165) is 11.6 Å². The molecule has 0 aromatic heterocycles. The fraction of sp³-hybridized carbons (Fsp3) is 0.143. The Morgan fingerprint density at radius 2 is 1.94 bits per heavy atom. The van der Waals surface area contributed by atoms with Crippen molar-refractivity contribution in [2.75, 3.05) is 6.61 Å². The van der Waals surface area contributed by atoms with E-state index < -0.39 is 11.9 Å². The Morgan fingerprint density at radius 1 is 1.28 bits per heavy atom. The average molecular weight is 246 g/mol. The molecule has 0 spiro atoms. The quantitative estimate of drug-likeness (QED) is 0.492. The number of carbonyl (C=O) groups is 2. The molecule has 94 valence electrons. The first-order valence-corrected chi connectivity index (χ1v) is 5.48. The molecule has 0 aliphatic rings. The first kappa shape index (κ1) is 13.7. The van der Waals surface area contributed by atoms with Gasteiger partial charge in [-0.1, -0.05) is 36.4 Å². The molecule has 18 heavy (non-hydrogen) atoms. The predicted molar refractivity (Wildman–Crippen MR) is 67.8 cm³/mol. The lowest BCUT2D eigenvalue weighted by molar-refractivity contribution is -0.138. The Labute approximate surface area is 105 Å². The highest BCUT2D eigenvalue weighted by molar-refractivity contribution is 5.98. The van der Waals surface area contributed by atoms with Crippen molar-refractivity contribution in [2.45, 2.75) is 6.92 Å². The summed E-state index contributed by atoms with van der Waals surface area (Å²) < 4.78 is 4.66. The van der Waals surface area contributed by atoms with E-state index in [1.807, 2.05) is 30.3 Å². The lowest BCUT2D eigenvalue weighted by Crippen LogP contribution is -2.05. The molecule has 1 aromatic carbocycles. The molecule has 0 radical (unpaired) electrons. The van der Waals surface area contributed by atoms with Crippen molar-refractivity contribution in [2.24, 2.45) is 0 Å². The van der Waals surface area contributed by atoms with Crippen LogP contribution in [0.4, 0.5) is 0 Å². The Morgan fingerprint density at radius 3 is 2.50 bits per heavy atom. The Bertz CT molecular complexity index is 472. The molecule has 0 atom stereocenters. The smallest absolute Gasteiger partial charge is 0.335 e. The van der Waals surface area contributed by atoms with E-state index in [9.17, 15) is 9.59 Å². The van der Waals surface area contributed by atoms with E-state index in [4.69, 9.17) is 5.11 Å². The molecule has 0 unspecified atom stereocenters. The van der Waals surface area contributed by atoms with Gasteiger partial charge in [-0.05, 0) is 18.6 Å². The summed E-state index contributed by atoms with van der Waals surface area (Å²) in [4.78, 5) is 22.1. The first-order valence-electron chi connectivity index (χ1n) is 5.48. The zero-order chi connectivity index (χ0) is 13.4. The van der Waals surface area contributed by atoms with Gasteiger partial charge >= 0.3 is 11.9 Å². The van der Waals surface area contributed by atoms with Gasteiger partial charge in [0.25, 0.3) is 0 Å². The van der Waals surface area contributed by atoms with Crippen LogP contribution in [0, 0.1) is 0 Å². The molecule has 0 amide bonds. The summed E-state index contributed by atoms with van der Waals surface area (Å²) >= 11 is 0. The van der Waals surface area contributed by atoms with Crippen LogP contribution in [0.3, 0.4) is 0 Å². The average Bonchev–Trinajstić information content (AvgIpc) is 2.35. The molecular weight excluding hydrogens is 232 g/mol. The Kier molecular flexibility index (Phi) is 5.38. The molecular formula is C14H14O4. The molecule has 0 aliphatic heterocycles. The highest BCUT2D eigenvalue weighted by Gasteiger charge is 2.06. The van der Waals surface area contributed by atoms with Gasteiger partial charge in [-0.2, -0.15) is 0 Å².